The van der Waals surface area contributed by atoms with E-state index in [0.29, 0.717) is 30.2 Å². The summed E-state index contributed by atoms with van der Waals surface area (Å²) in [4.78, 5) is 30.8. The standard InChI is InChI=1S/C22H20FN7O2S/c23-13-3-1-12(2-4-13)16-5-6-17-20(28-16)22(32)30(11-26-17)10-19(31)25-8-14-7-15-18(33-14)9-27-29-21(15)24/h1-4,7,9,11,16,28H,5-6,8,10H2,(H2,24,29)(H,25,31)/t16-/m0/s1. The first-order chi connectivity index (χ1) is 16.0. The third-order valence-corrected chi connectivity index (χ3v) is 6.65. The van der Waals surface area contributed by atoms with Gasteiger partial charge < -0.3 is 16.4 Å². The zero-order valence-corrected chi connectivity index (χ0v) is 18.2. The largest absolute Gasteiger partial charge is 0.382 e. The molecule has 0 fully saturated rings. The minimum atomic E-state index is -0.313. The van der Waals surface area contributed by atoms with E-state index < -0.39 is 0 Å². The number of benzene rings is 1. The Hall–Kier alpha value is -3.86. The number of aromatic nitrogens is 4. The van der Waals surface area contributed by atoms with Crippen LogP contribution in [0.3, 0.4) is 0 Å². The van der Waals surface area contributed by atoms with Gasteiger partial charge in [-0.05, 0) is 36.6 Å². The molecule has 0 radical (unpaired) electrons. The molecule has 168 valence electrons. The van der Waals surface area contributed by atoms with Gasteiger partial charge in [-0.2, -0.15) is 5.10 Å². The maximum Gasteiger partial charge on any atom is 0.277 e. The van der Waals surface area contributed by atoms with Crippen molar-refractivity contribution < 1.29 is 9.18 Å². The first-order valence-corrected chi connectivity index (χ1v) is 11.2. The van der Waals surface area contributed by atoms with E-state index in [2.05, 4.69) is 25.8 Å². The highest BCUT2D eigenvalue weighted by Gasteiger charge is 2.24. The number of amides is 1. The summed E-state index contributed by atoms with van der Waals surface area (Å²) in [5, 5.41) is 14.5. The molecule has 4 heterocycles. The van der Waals surface area contributed by atoms with Crippen LogP contribution in [-0.4, -0.2) is 25.7 Å². The van der Waals surface area contributed by atoms with Crippen LogP contribution in [-0.2, 0) is 24.3 Å². The lowest BCUT2D eigenvalue weighted by molar-refractivity contribution is -0.121. The molecule has 0 spiro atoms. The molecule has 1 amide bonds. The molecule has 11 heteroatoms. The third kappa shape index (κ3) is 4.27. The van der Waals surface area contributed by atoms with Gasteiger partial charge in [-0.3, -0.25) is 14.2 Å². The molecule has 0 saturated heterocycles. The summed E-state index contributed by atoms with van der Waals surface area (Å²) in [6.07, 6.45) is 4.39. The number of nitrogen functional groups attached to an aromatic ring is 1. The highest BCUT2D eigenvalue weighted by Crippen LogP contribution is 2.30. The topological polar surface area (TPSA) is 128 Å². The van der Waals surface area contributed by atoms with Crippen molar-refractivity contribution >= 4 is 38.8 Å². The third-order valence-electron chi connectivity index (χ3n) is 5.58. The number of hydrogen-bond acceptors (Lipinski definition) is 8. The summed E-state index contributed by atoms with van der Waals surface area (Å²) in [6, 6.07) is 7.95. The van der Waals surface area contributed by atoms with Gasteiger partial charge >= 0.3 is 0 Å². The van der Waals surface area contributed by atoms with Crippen molar-refractivity contribution in [3.8, 4) is 0 Å². The second-order valence-electron chi connectivity index (χ2n) is 7.78. The zero-order chi connectivity index (χ0) is 22.9. The maximum absolute atomic E-state index is 13.2. The van der Waals surface area contributed by atoms with Gasteiger partial charge in [-0.15, -0.1) is 16.4 Å². The normalized spacial score (nSPS) is 15.1. The van der Waals surface area contributed by atoms with Crippen LogP contribution in [0, 0.1) is 5.82 Å². The summed E-state index contributed by atoms with van der Waals surface area (Å²) < 4.78 is 15.4. The van der Waals surface area contributed by atoms with Gasteiger partial charge in [-0.1, -0.05) is 12.1 Å². The minimum Gasteiger partial charge on any atom is -0.382 e. The predicted octanol–water partition coefficient (Wildman–Crippen LogP) is 2.39. The van der Waals surface area contributed by atoms with Crippen molar-refractivity contribution in [3.05, 3.63) is 75.2 Å². The van der Waals surface area contributed by atoms with Gasteiger partial charge in [0.05, 0.1) is 35.5 Å². The zero-order valence-electron chi connectivity index (χ0n) is 17.4. The Balaban J connectivity index is 1.27. The molecule has 4 N–H and O–H groups in total. The quantitative estimate of drug-likeness (QED) is 0.413. The van der Waals surface area contributed by atoms with Gasteiger partial charge in [-0.25, -0.2) is 9.37 Å². The molecular formula is C22H20FN7O2S. The van der Waals surface area contributed by atoms with Gasteiger partial charge in [0.25, 0.3) is 5.56 Å². The van der Waals surface area contributed by atoms with Crippen LogP contribution in [0.4, 0.5) is 15.9 Å². The molecule has 1 aromatic carbocycles. The van der Waals surface area contributed by atoms with Crippen molar-refractivity contribution in [2.45, 2.75) is 32.0 Å². The number of aryl methyl sites for hydroxylation is 1. The Morgan fingerprint density at radius 2 is 2.15 bits per heavy atom. The van der Waals surface area contributed by atoms with Crippen LogP contribution in [0.15, 0.2) is 47.7 Å². The Bertz CT molecular complexity index is 1400. The number of hydrogen-bond donors (Lipinski definition) is 3. The van der Waals surface area contributed by atoms with Crippen LogP contribution in [0.1, 0.15) is 28.6 Å². The van der Waals surface area contributed by atoms with Gasteiger partial charge in [0.15, 0.2) is 5.82 Å². The van der Waals surface area contributed by atoms with E-state index in [0.717, 1.165) is 26.9 Å². The van der Waals surface area contributed by atoms with Crippen LogP contribution in [0.25, 0.3) is 10.1 Å². The molecule has 3 aromatic heterocycles. The molecule has 9 nitrogen and oxygen atoms in total. The second-order valence-corrected chi connectivity index (χ2v) is 8.95. The minimum absolute atomic E-state index is 0.123. The Kier molecular flexibility index (Phi) is 5.47. The van der Waals surface area contributed by atoms with Gasteiger partial charge in [0.1, 0.15) is 18.0 Å². The average molecular weight is 466 g/mol. The monoisotopic (exact) mass is 465 g/mol. The molecule has 4 aromatic rings. The molecular weight excluding hydrogens is 445 g/mol. The first kappa shape index (κ1) is 21.0. The van der Waals surface area contributed by atoms with E-state index in [-0.39, 0.29) is 29.9 Å². The van der Waals surface area contributed by atoms with E-state index in [1.165, 1.54) is 34.4 Å². The lowest BCUT2D eigenvalue weighted by atomic mass is 9.96. The number of carbonyl (C=O) groups excluding carboxylic acids is 1. The Morgan fingerprint density at radius 1 is 1.33 bits per heavy atom. The number of nitrogens with two attached hydrogens (primary N) is 1. The van der Waals surface area contributed by atoms with Crippen LogP contribution < -0.4 is 21.9 Å². The van der Waals surface area contributed by atoms with E-state index in [4.69, 9.17) is 5.73 Å². The molecule has 33 heavy (non-hydrogen) atoms. The number of anilines is 2. The molecule has 1 aliphatic rings. The van der Waals surface area contributed by atoms with E-state index in [1.54, 1.807) is 18.3 Å². The highest BCUT2D eigenvalue weighted by molar-refractivity contribution is 7.19. The Labute approximate surface area is 191 Å². The fourth-order valence-corrected chi connectivity index (χ4v) is 4.85. The van der Waals surface area contributed by atoms with Crippen molar-refractivity contribution in [2.24, 2.45) is 0 Å². The number of fused-ring (bicyclic) bond motifs is 2. The number of carbonyl (C=O) groups is 1. The number of nitrogens with one attached hydrogen (secondary N) is 2. The lowest BCUT2D eigenvalue weighted by Crippen LogP contribution is -2.35. The van der Waals surface area contributed by atoms with E-state index >= 15 is 0 Å². The van der Waals surface area contributed by atoms with Gasteiger partial charge in [0.2, 0.25) is 5.91 Å². The molecule has 0 unspecified atom stereocenters. The molecule has 0 saturated carbocycles. The fourth-order valence-electron chi connectivity index (χ4n) is 3.88. The molecule has 0 aliphatic carbocycles. The maximum atomic E-state index is 13.2. The average Bonchev–Trinajstić information content (AvgIpc) is 3.25. The first-order valence-electron chi connectivity index (χ1n) is 10.3. The smallest absolute Gasteiger partial charge is 0.277 e. The molecule has 1 aliphatic heterocycles. The van der Waals surface area contributed by atoms with Gasteiger partial charge in [0, 0.05) is 10.3 Å². The number of rotatable bonds is 5. The summed E-state index contributed by atoms with van der Waals surface area (Å²) in [7, 11) is 0. The Morgan fingerprint density at radius 3 is 2.94 bits per heavy atom. The van der Waals surface area contributed by atoms with Crippen LogP contribution >= 0.6 is 11.3 Å². The molecule has 1 atom stereocenters. The fraction of sp³-hybridized carbons (Fsp3) is 0.227. The summed E-state index contributed by atoms with van der Waals surface area (Å²) in [5.74, 6) is -0.275. The number of nitrogens with zero attached hydrogens (tertiary/aromatic N) is 4. The predicted molar refractivity (Wildman–Crippen MR) is 123 cm³/mol. The van der Waals surface area contributed by atoms with Crippen LogP contribution in [0.5, 0.6) is 0 Å². The summed E-state index contributed by atoms with van der Waals surface area (Å²) in [6.45, 7) is 0.147. The summed E-state index contributed by atoms with van der Waals surface area (Å²) in [5.41, 5.74) is 7.46. The summed E-state index contributed by atoms with van der Waals surface area (Å²) >= 11 is 1.47. The number of halogens is 1. The van der Waals surface area contributed by atoms with Crippen molar-refractivity contribution in [1.82, 2.24) is 25.1 Å². The second kappa shape index (κ2) is 8.58. The molecule has 0 bridgehead atoms. The van der Waals surface area contributed by atoms with Crippen molar-refractivity contribution in [1.29, 1.82) is 0 Å². The molecule has 5 rings (SSSR count). The highest BCUT2D eigenvalue weighted by atomic mass is 32.1. The lowest BCUT2D eigenvalue weighted by Gasteiger charge is -2.26. The number of thiophene rings is 1. The van der Waals surface area contributed by atoms with Crippen LogP contribution in [0.2, 0.25) is 0 Å². The van der Waals surface area contributed by atoms with E-state index in [9.17, 15) is 14.0 Å². The van der Waals surface area contributed by atoms with Crippen molar-refractivity contribution in [3.63, 3.8) is 0 Å². The van der Waals surface area contributed by atoms with E-state index in [1.807, 2.05) is 6.07 Å². The SMILES string of the molecule is Nc1nncc2sc(CNC(=O)Cn3cnc4c(c3=O)N[C@H](c3ccc(F)cc3)CC4)cc12. The van der Waals surface area contributed by atoms with Crippen molar-refractivity contribution in [2.75, 3.05) is 11.1 Å².